The van der Waals surface area contributed by atoms with E-state index in [1.165, 1.54) is 38.9 Å². The van der Waals surface area contributed by atoms with Crippen LogP contribution in [0.15, 0.2) is 0 Å². The topological polar surface area (TPSA) is 15.8 Å². The smallest absolute Gasteiger partial charge is 0.0968 e. The van der Waals surface area contributed by atoms with Gasteiger partial charge in [-0.2, -0.15) is 0 Å². The highest BCUT2D eigenvalue weighted by atomic mass is 16.6. The van der Waals surface area contributed by atoms with Gasteiger partial charge in [-0.05, 0) is 25.2 Å². The maximum atomic E-state index is 5.47. The molecule has 11 heavy (non-hydrogen) atoms. The van der Waals surface area contributed by atoms with Crippen LogP contribution in [-0.4, -0.2) is 36.7 Å². The van der Waals surface area contributed by atoms with Crippen molar-refractivity contribution in [3.63, 3.8) is 0 Å². The Balaban J connectivity index is 1.52. The third-order valence-electron chi connectivity index (χ3n) is 3.07. The predicted molar refractivity (Wildman–Crippen MR) is 42.4 cm³/mol. The van der Waals surface area contributed by atoms with Crippen LogP contribution in [0.4, 0.5) is 0 Å². The summed E-state index contributed by atoms with van der Waals surface area (Å²) in [4.78, 5) is 2.59. The Morgan fingerprint density at radius 2 is 2.09 bits per heavy atom. The number of nitrogens with zero attached hydrogens (tertiary/aromatic N) is 1. The van der Waals surface area contributed by atoms with Crippen molar-refractivity contribution < 1.29 is 4.74 Å². The molecule has 0 unspecified atom stereocenters. The molecule has 3 aliphatic rings. The van der Waals surface area contributed by atoms with Crippen molar-refractivity contribution in [3.8, 4) is 0 Å². The minimum Gasteiger partial charge on any atom is -0.368 e. The van der Waals surface area contributed by atoms with Crippen LogP contribution in [0.1, 0.15) is 19.3 Å². The molecular formula is C9H15NO. The molecule has 0 aromatic rings. The van der Waals surface area contributed by atoms with Gasteiger partial charge in [0.1, 0.15) is 0 Å². The number of hydrogen-bond acceptors (Lipinski definition) is 2. The van der Waals surface area contributed by atoms with E-state index in [1.54, 1.807) is 0 Å². The zero-order valence-electron chi connectivity index (χ0n) is 6.83. The van der Waals surface area contributed by atoms with Crippen LogP contribution < -0.4 is 0 Å². The molecular weight excluding hydrogens is 138 g/mol. The molecule has 0 N–H and O–H groups in total. The van der Waals surface area contributed by atoms with E-state index in [0.717, 1.165) is 5.92 Å². The quantitative estimate of drug-likeness (QED) is 0.547. The lowest BCUT2D eigenvalue weighted by Crippen LogP contribution is -2.35. The predicted octanol–water partition coefficient (Wildman–Crippen LogP) is 0.869. The van der Waals surface area contributed by atoms with Gasteiger partial charge in [0.05, 0.1) is 12.2 Å². The number of hydrogen-bond donors (Lipinski definition) is 0. The molecule has 0 aromatic heterocycles. The lowest BCUT2D eigenvalue weighted by molar-refractivity contribution is 0.236. The maximum absolute atomic E-state index is 5.47. The van der Waals surface area contributed by atoms with Gasteiger partial charge in [-0.3, -0.25) is 0 Å². The summed E-state index contributed by atoms with van der Waals surface area (Å²) < 4.78 is 5.47. The van der Waals surface area contributed by atoms with E-state index in [2.05, 4.69) is 4.90 Å². The van der Waals surface area contributed by atoms with Gasteiger partial charge in [0, 0.05) is 19.6 Å². The summed E-state index contributed by atoms with van der Waals surface area (Å²) in [6, 6.07) is 0. The van der Waals surface area contributed by atoms with E-state index in [-0.39, 0.29) is 0 Å². The number of fused-ring (bicyclic) bond motifs is 1. The van der Waals surface area contributed by atoms with Crippen LogP contribution in [0.5, 0.6) is 0 Å². The summed E-state index contributed by atoms with van der Waals surface area (Å²) in [5.41, 5.74) is 0. The fourth-order valence-corrected chi connectivity index (χ4v) is 2.08. The van der Waals surface area contributed by atoms with E-state index < -0.39 is 0 Å². The van der Waals surface area contributed by atoms with Gasteiger partial charge in [-0.1, -0.05) is 0 Å². The Hall–Kier alpha value is -0.0800. The van der Waals surface area contributed by atoms with E-state index in [0.29, 0.717) is 12.2 Å². The summed E-state index contributed by atoms with van der Waals surface area (Å²) in [5.74, 6) is 1.05. The molecule has 0 radical (unpaired) electrons. The highest BCUT2D eigenvalue weighted by Gasteiger charge is 2.43. The highest BCUT2D eigenvalue weighted by Crippen LogP contribution is 2.34. The normalized spacial score (nSPS) is 43.6. The lowest BCUT2D eigenvalue weighted by atomic mass is 10.1. The van der Waals surface area contributed by atoms with Crippen molar-refractivity contribution in [1.82, 2.24) is 4.90 Å². The molecule has 2 heteroatoms. The van der Waals surface area contributed by atoms with Crippen molar-refractivity contribution in [2.24, 2.45) is 5.92 Å². The summed E-state index contributed by atoms with van der Waals surface area (Å²) in [6.07, 6.45) is 5.53. The standard InChI is InChI=1S/C9H15NO/c1-2-7(1)5-10-4-3-8-9(6-10)11-8/h7-9H,1-6H2/t8-,9+/m0/s1. The van der Waals surface area contributed by atoms with Crippen molar-refractivity contribution in [2.45, 2.75) is 31.5 Å². The van der Waals surface area contributed by atoms with Gasteiger partial charge in [0.15, 0.2) is 0 Å². The number of piperidine rings is 1. The summed E-state index contributed by atoms with van der Waals surface area (Å²) in [6.45, 7) is 3.87. The molecule has 2 saturated heterocycles. The molecule has 0 aromatic carbocycles. The molecule has 2 atom stereocenters. The minimum atomic E-state index is 0.627. The number of rotatable bonds is 2. The van der Waals surface area contributed by atoms with Crippen molar-refractivity contribution in [2.75, 3.05) is 19.6 Å². The molecule has 1 aliphatic carbocycles. The van der Waals surface area contributed by atoms with Crippen LogP contribution in [0.3, 0.4) is 0 Å². The van der Waals surface area contributed by atoms with E-state index in [9.17, 15) is 0 Å². The van der Waals surface area contributed by atoms with Crippen molar-refractivity contribution in [3.05, 3.63) is 0 Å². The Bertz CT molecular complexity index is 165. The van der Waals surface area contributed by atoms with Gasteiger partial charge in [-0.25, -0.2) is 0 Å². The Labute approximate surface area is 67.5 Å². The number of likely N-dealkylation sites (tertiary alicyclic amines) is 1. The van der Waals surface area contributed by atoms with Crippen LogP contribution in [0, 0.1) is 5.92 Å². The Morgan fingerprint density at radius 1 is 1.18 bits per heavy atom. The zero-order valence-corrected chi connectivity index (χ0v) is 6.83. The average molecular weight is 153 g/mol. The molecule has 3 fully saturated rings. The van der Waals surface area contributed by atoms with Crippen LogP contribution in [0.2, 0.25) is 0 Å². The summed E-state index contributed by atoms with van der Waals surface area (Å²) in [7, 11) is 0. The number of ether oxygens (including phenoxy) is 1. The second kappa shape index (κ2) is 2.20. The van der Waals surface area contributed by atoms with Gasteiger partial charge in [0.2, 0.25) is 0 Å². The average Bonchev–Trinajstić information content (AvgIpc) is 2.78. The van der Waals surface area contributed by atoms with E-state index in [1.807, 2.05) is 0 Å². The third kappa shape index (κ3) is 1.30. The second-order valence-electron chi connectivity index (χ2n) is 4.20. The molecule has 62 valence electrons. The van der Waals surface area contributed by atoms with Crippen LogP contribution in [0.25, 0.3) is 0 Å². The number of epoxide rings is 1. The van der Waals surface area contributed by atoms with Crippen molar-refractivity contribution >= 4 is 0 Å². The third-order valence-corrected chi connectivity index (χ3v) is 3.07. The molecule has 0 amide bonds. The summed E-state index contributed by atoms with van der Waals surface area (Å²) >= 11 is 0. The molecule has 0 spiro atoms. The molecule has 3 rings (SSSR count). The highest BCUT2D eigenvalue weighted by molar-refractivity contribution is 4.93. The fourth-order valence-electron chi connectivity index (χ4n) is 2.08. The van der Waals surface area contributed by atoms with Crippen LogP contribution >= 0.6 is 0 Å². The minimum absolute atomic E-state index is 0.627. The molecule has 1 saturated carbocycles. The Morgan fingerprint density at radius 3 is 2.82 bits per heavy atom. The summed E-state index contributed by atoms with van der Waals surface area (Å²) in [5, 5.41) is 0. The fraction of sp³-hybridized carbons (Fsp3) is 1.00. The molecule has 0 bridgehead atoms. The monoisotopic (exact) mass is 153 g/mol. The molecule has 2 heterocycles. The first-order valence-electron chi connectivity index (χ1n) is 4.79. The van der Waals surface area contributed by atoms with Gasteiger partial charge < -0.3 is 9.64 Å². The van der Waals surface area contributed by atoms with E-state index >= 15 is 0 Å². The first kappa shape index (κ1) is 6.44. The second-order valence-corrected chi connectivity index (χ2v) is 4.20. The zero-order chi connectivity index (χ0) is 7.26. The Kier molecular flexibility index (Phi) is 1.29. The van der Waals surface area contributed by atoms with E-state index in [4.69, 9.17) is 4.74 Å². The SMILES string of the molecule is C1CC1CN1CC[C@@H]2O[C@@H]2C1. The first-order chi connectivity index (χ1) is 5.42. The maximum Gasteiger partial charge on any atom is 0.0968 e. The van der Waals surface area contributed by atoms with Gasteiger partial charge in [0.25, 0.3) is 0 Å². The van der Waals surface area contributed by atoms with Gasteiger partial charge >= 0.3 is 0 Å². The van der Waals surface area contributed by atoms with Crippen molar-refractivity contribution in [1.29, 1.82) is 0 Å². The van der Waals surface area contributed by atoms with Gasteiger partial charge in [-0.15, -0.1) is 0 Å². The molecule has 2 aliphatic heterocycles. The molecule has 2 nitrogen and oxygen atoms in total. The lowest BCUT2D eigenvalue weighted by Gasteiger charge is -2.23. The first-order valence-corrected chi connectivity index (χ1v) is 4.79. The van der Waals surface area contributed by atoms with Crippen LogP contribution in [-0.2, 0) is 4.74 Å². The largest absolute Gasteiger partial charge is 0.368 e.